The van der Waals surface area contributed by atoms with Crippen molar-refractivity contribution in [3.8, 4) is 5.75 Å². The zero-order valence-corrected chi connectivity index (χ0v) is 13.3. The molecule has 1 N–H and O–H groups in total. The highest BCUT2D eigenvalue weighted by Gasteiger charge is 2.10. The smallest absolute Gasteiger partial charge is 0.131 e. The molecule has 2 aromatic rings. The molecule has 0 atom stereocenters. The number of hydrogen-bond donors (Lipinski definition) is 1. The summed E-state index contributed by atoms with van der Waals surface area (Å²) in [5.41, 5.74) is 3.98. The molecule has 0 unspecified atom stereocenters. The lowest BCUT2D eigenvalue weighted by Gasteiger charge is -2.16. The third kappa shape index (κ3) is 3.83. The number of thiazole rings is 1. The van der Waals surface area contributed by atoms with Crippen molar-refractivity contribution >= 4 is 11.3 Å². The summed E-state index contributed by atoms with van der Waals surface area (Å²) in [6, 6.07) is 6.53. The van der Waals surface area contributed by atoms with Crippen LogP contribution in [0.4, 0.5) is 0 Å². The van der Waals surface area contributed by atoms with E-state index in [0.29, 0.717) is 6.61 Å². The predicted molar refractivity (Wildman–Crippen MR) is 86.9 cm³/mol. The average Bonchev–Trinajstić information content (AvgIpc) is 2.98. The first-order valence-corrected chi connectivity index (χ1v) is 8.61. The van der Waals surface area contributed by atoms with Gasteiger partial charge in [0.1, 0.15) is 17.4 Å². The van der Waals surface area contributed by atoms with Crippen molar-refractivity contribution in [2.75, 3.05) is 6.54 Å². The second-order valence-electron chi connectivity index (χ2n) is 5.44. The van der Waals surface area contributed by atoms with Crippen molar-refractivity contribution in [2.24, 2.45) is 0 Å². The third-order valence-corrected chi connectivity index (χ3v) is 4.73. The fraction of sp³-hybridized carbons (Fsp3) is 0.471. The first-order chi connectivity index (χ1) is 10.3. The summed E-state index contributed by atoms with van der Waals surface area (Å²) in [6.07, 6.45) is 5.03. The van der Waals surface area contributed by atoms with E-state index in [1.807, 2.05) is 0 Å². The second kappa shape index (κ2) is 7.05. The van der Waals surface area contributed by atoms with Gasteiger partial charge in [-0.05, 0) is 55.5 Å². The molecule has 112 valence electrons. The number of benzene rings is 1. The molecule has 1 aliphatic rings. The average molecular weight is 302 g/mol. The first-order valence-electron chi connectivity index (χ1n) is 7.73. The number of fused-ring (bicyclic) bond motifs is 1. The summed E-state index contributed by atoms with van der Waals surface area (Å²) >= 11 is 1.69. The van der Waals surface area contributed by atoms with Crippen LogP contribution in [0.25, 0.3) is 0 Å². The van der Waals surface area contributed by atoms with Gasteiger partial charge in [0.2, 0.25) is 0 Å². The fourth-order valence-electron chi connectivity index (χ4n) is 2.69. The van der Waals surface area contributed by atoms with Crippen LogP contribution >= 0.6 is 11.3 Å². The van der Waals surface area contributed by atoms with Crippen LogP contribution in [-0.2, 0) is 26.0 Å². The molecule has 3 nitrogen and oxygen atoms in total. The van der Waals surface area contributed by atoms with Crippen molar-refractivity contribution in [1.82, 2.24) is 10.3 Å². The summed E-state index contributed by atoms with van der Waals surface area (Å²) < 4.78 is 5.90. The predicted octanol–water partition coefficient (Wildman–Crippen LogP) is 3.71. The second-order valence-corrected chi connectivity index (χ2v) is 6.38. The largest absolute Gasteiger partial charge is 0.487 e. The molecule has 0 fully saturated rings. The molecular formula is C17H22N2OS. The molecule has 0 amide bonds. The van der Waals surface area contributed by atoms with E-state index < -0.39 is 0 Å². The van der Waals surface area contributed by atoms with Gasteiger partial charge >= 0.3 is 0 Å². The molecular weight excluding hydrogens is 280 g/mol. The van der Waals surface area contributed by atoms with Crippen molar-refractivity contribution in [3.63, 3.8) is 0 Å². The van der Waals surface area contributed by atoms with Gasteiger partial charge in [0.25, 0.3) is 0 Å². The SMILES string of the molecule is CCNCc1nc(COc2ccc3c(c2)CCCC3)cs1. The lowest BCUT2D eigenvalue weighted by Crippen LogP contribution is -2.11. The topological polar surface area (TPSA) is 34.2 Å². The summed E-state index contributed by atoms with van der Waals surface area (Å²) in [6.45, 7) is 4.48. The van der Waals surface area contributed by atoms with Crippen LogP contribution < -0.4 is 10.1 Å². The minimum Gasteiger partial charge on any atom is -0.487 e. The van der Waals surface area contributed by atoms with Gasteiger partial charge in [0.15, 0.2) is 0 Å². The molecule has 1 heterocycles. The van der Waals surface area contributed by atoms with Gasteiger partial charge in [0, 0.05) is 11.9 Å². The Balaban J connectivity index is 1.58. The number of nitrogens with one attached hydrogen (secondary N) is 1. The lowest BCUT2D eigenvalue weighted by molar-refractivity contribution is 0.301. The summed E-state index contributed by atoms with van der Waals surface area (Å²) in [5.74, 6) is 0.969. The van der Waals surface area contributed by atoms with Gasteiger partial charge in [-0.3, -0.25) is 0 Å². The molecule has 4 heteroatoms. The summed E-state index contributed by atoms with van der Waals surface area (Å²) in [5, 5.41) is 6.51. The first kappa shape index (κ1) is 14.5. The van der Waals surface area contributed by atoms with Crippen molar-refractivity contribution in [2.45, 2.75) is 45.8 Å². The van der Waals surface area contributed by atoms with Crippen LogP contribution in [0.15, 0.2) is 23.6 Å². The maximum Gasteiger partial charge on any atom is 0.131 e. The zero-order valence-electron chi connectivity index (χ0n) is 12.5. The molecule has 0 spiro atoms. The van der Waals surface area contributed by atoms with Crippen LogP contribution in [0.5, 0.6) is 5.75 Å². The van der Waals surface area contributed by atoms with Gasteiger partial charge in [-0.1, -0.05) is 13.0 Å². The highest BCUT2D eigenvalue weighted by atomic mass is 32.1. The Kier molecular flexibility index (Phi) is 4.88. The minimum absolute atomic E-state index is 0.557. The van der Waals surface area contributed by atoms with E-state index in [1.165, 1.54) is 36.8 Å². The molecule has 0 saturated heterocycles. The Labute approximate surface area is 130 Å². The van der Waals surface area contributed by atoms with Crippen LogP contribution in [0.1, 0.15) is 41.6 Å². The van der Waals surface area contributed by atoms with Gasteiger partial charge in [-0.2, -0.15) is 0 Å². The molecule has 1 aromatic carbocycles. The number of aryl methyl sites for hydroxylation is 2. The summed E-state index contributed by atoms with van der Waals surface area (Å²) in [4.78, 5) is 4.58. The van der Waals surface area contributed by atoms with Crippen molar-refractivity contribution < 1.29 is 4.74 Å². The van der Waals surface area contributed by atoms with Crippen LogP contribution in [0, 0.1) is 0 Å². The molecule has 0 aliphatic heterocycles. The Hall–Kier alpha value is -1.39. The van der Waals surface area contributed by atoms with Crippen LogP contribution in [-0.4, -0.2) is 11.5 Å². The maximum atomic E-state index is 5.90. The maximum absolute atomic E-state index is 5.90. The quantitative estimate of drug-likeness (QED) is 0.883. The highest BCUT2D eigenvalue weighted by Crippen LogP contribution is 2.25. The molecule has 0 saturated carbocycles. The molecule has 3 rings (SSSR count). The number of nitrogens with zero attached hydrogens (tertiary/aromatic N) is 1. The summed E-state index contributed by atoms with van der Waals surface area (Å²) in [7, 11) is 0. The third-order valence-electron chi connectivity index (χ3n) is 3.83. The van der Waals surface area contributed by atoms with E-state index in [4.69, 9.17) is 4.74 Å². The Morgan fingerprint density at radius 3 is 2.95 bits per heavy atom. The van der Waals surface area contributed by atoms with Gasteiger partial charge in [-0.15, -0.1) is 11.3 Å². The Morgan fingerprint density at radius 1 is 1.24 bits per heavy atom. The van der Waals surface area contributed by atoms with Crippen molar-refractivity contribution in [3.05, 3.63) is 45.4 Å². The van der Waals surface area contributed by atoms with E-state index in [1.54, 1.807) is 11.3 Å². The Morgan fingerprint density at radius 2 is 2.10 bits per heavy atom. The van der Waals surface area contributed by atoms with E-state index in [-0.39, 0.29) is 0 Å². The van der Waals surface area contributed by atoms with E-state index in [0.717, 1.165) is 29.5 Å². The number of ether oxygens (including phenoxy) is 1. The Bertz CT molecular complexity index is 594. The fourth-order valence-corrected chi connectivity index (χ4v) is 3.43. The molecule has 1 aromatic heterocycles. The molecule has 1 aliphatic carbocycles. The molecule has 21 heavy (non-hydrogen) atoms. The normalized spacial score (nSPS) is 14.0. The van der Waals surface area contributed by atoms with Crippen LogP contribution in [0.2, 0.25) is 0 Å². The lowest BCUT2D eigenvalue weighted by atomic mass is 9.92. The van der Waals surface area contributed by atoms with Crippen LogP contribution in [0.3, 0.4) is 0 Å². The standard InChI is InChI=1S/C17H22N2OS/c1-2-18-10-17-19-15(12-21-17)11-20-16-8-7-13-5-3-4-6-14(13)9-16/h7-9,12,18H,2-6,10-11H2,1H3. The monoisotopic (exact) mass is 302 g/mol. The van der Waals surface area contributed by atoms with Crippen molar-refractivity contribution in [1.29, 1.82) is 0 Å². The van der Waals surface area contributed by atoms with Gasteiger partial charge < -0.3 is 10.1 Å². The highest BCUT2D eigenvalue weighted by molar-refractivity contribution is 7.09. The van der Waals surface area contributed by atoms with E-state index in [9.17, 15) is 0 Å². The van der Waals surface area contributed by atoms with Gasteiger partial charge in [-0.25, -0.2) is 4.98 Å². The number of aromatic nitrogens is 1. The number of hydrogen-bond acceptors (Lipinski definition) is 4. The minimum atomic E-state index is 0.557. The number of rotatable bonds is 6. The van der Waals surface area contributed by atoms with E-state index >= 15 is 0 Å². The zero-order chi connectivity index (χ0) is 14.5. The van der Waals surface area contributed by atoms with Gasteiger partial charge in [0.05, 0.1) is 5.69 Å². The van der Waals surface area contributed by atoms with E-state index in [2.05, 4.69) is 40.8 Å². The molecule has 0 radical (unpaired) electrons. The molecule has 0 bridgehead atoms.